The number of carbonyl (C=O) groups is 2. The zero-order valence-electron chi connectivity index (χ0n) is 25.5. The van der Waals surface area contributed by atoms with Crippen molar-refractivity contribution in [2.75, 3.05) is 11.9 Å². The van der Waals surface area contributed by atoms with E-state index in [1.165, 1.54) is 12.1 Å². The van der Waals surface area contributed by atoms with Crippen LogP contribution in [-0.4, -0.2) is 37.9 Å². The number of aromatic nitrogens is 3. The number of halogens is 2. The molecule has 0 unspecified atom stereocenters. The molecule has 0 aliphatic carbocycles. The highest BCUT2D eigenvalue weighted by atomic mass is 35.5. The van der Waals surface area contributed by atoms with Crippen LogP contribution in [0.25, 0.3) is 22.0 Å². The molecule has 228 valence electrons. The van der Waals surface area contributed by atoms with Crippen LogP contribution in [0.3, 0.4) is 0 Å². The van der Waals surface area contributed by atoms with Gasteiger partial charge in [0.2, 0.25) is 0 Å². The van der Waals surface area contributed by atoms with E-state index in [4.69, 9.17) is 27.9 Å². The molecule has 2 N–H and O–H groups in total. The lowest BCUT2D eigenvalue weighted by Gasteiger charge is -2.12. The second-order valence-electron chi connectivity index (χ2n) is 11.0. The molecule has 5 rings (SSSR count). The molecule has 0 fully saturated rings. The molecule has 3 aromatic carbocycles. The van der Waals surface area contributed by atoms with E-state index in [1.54, 1.807) is 12.1 Å². The van der Waals surface area contributed by atoms with Crippen LogP contribution in [0.4, 0.5) is 5.69 Å². The highest BCUT2D eigenvalue weighted by Gasteiger charge is 2.26. The molecule has 5 aromatic rings. The first-order valence-electron chi connectivity index (χ1n) is 14.2. The van der Waals surface area contributed by atoms with E-state index in [0.717, 1.165) is 60.9 Å². The van der Waals surface area contributed by atoms with Gasteiger partial charge in [-0.3, -0.25) is 9.48 Å². The van der Waals surface area contributed by atoms with Crippen LogP contribution in [0.15, 0.2) is 48.5 Å². The topological polar surface area (TPSA) is 98.4 Å². The number of hydrogen-bond acceptors (Lipinski definition) is 4. The van der Waals surface area contributed by atoms with E-state index in [1.807, 2.05) is 75.3 Å². The Morgan fingerprint density at radius 1 is 0.955 bits per heavy atom. The van der Waals surface area contributed by atoms with Crippen LogP contribution >= 0.6 is 23.2 Å². The molecule has 44 heavy (non-hydrogen) atoms. The average molecular weight is 634 g/mol. The Balaban J connectivity index is 1.56. The van der Waals surface area contributed by atoms with Gasteiger partial charge in [-0.1, -0.05) is 29.3 Å². The summed E-state index contributed by atoms with van der Waals surface area (Å²) in [5.74, 6) is -0.592. The van der Waals surface area contributed by atoms with Crippen LogP contribution in [0.5, 0.6) is 5.75 Å². The summed E-state index contributed by atoms with van der Waals surface area (Å²) in [4.78, 5) is 25.2. The summed E-state index contributed by atoms with van der Waals surface area (Å²) in [5, 5.41) is 19.0. The zero-order chi connectivity index (χ0) is 31.9. The van der Waals surface area contributed by atoms with Gasteiger partial charge < -0.3 is 19.7 Å². The second kappa shape index (κ2) is 12.4. The molecular weight excluding hydrogens is 599 g/mol. The van der Waals surface area contributed by atoms with Crippen molar-refractivity contribution in [1.29, 1.82) is 0 Å². The molecular formula is C34H34Cl2N4O4. The third kappa shape index (κ3) is 5.79. The maximum Gasteiger partial charge on any atom is 0.335 e. The Kier molecular flexibility index (Phi) is 8.77. The van der Waals surface area contributed by atoms with Gasteiger partial charge >= 0.3 is 5.97 Å². The number of carboxylic acid groups (broad SMARTS) is 1. The number of rotatable bonds is 9. The molecule has 0 bridgehead atoms. The van der Waals surface area contributed by atoms with Crippen molar-refractivity contribution < 1.29 is 19.4 Å². The largest absolute Gasteiger partial charge is 0.494 e. The summed E-state index contributed by atoms with van der Waals surface area (Å²) in [6.45, 7) is 8.29. The van der Waals surface area contributed by atoms with E-state index < -0.39 is 5.97 Å². The fourth-order valence-corrected chi connectivity index (χ4v) is 6.19. The van der Waals surface area contributed by atoms with Gasteiger partial charge in [0, 0.05) is 47.0 Å². The van der Waals surface area contributed by atoms with E-state index in [9.17, 15) is 14.7 Å². The summed E-state index contributed by atoms with van der Waals surface area (Å²) in [6, 6.07) is 13.8. The minimum Gasteiger partial charge on any atom is -0.494 e. The fourth-order valence-electron chi connectivity index (χ4n) is 5.83. The van der Waals surface area contributed by atoms with Crippen molar-refractivity contribution in [3.8, 4) is 16.9 Å². The standard InChI is InChI=1S/C34H34Cl2N4O4/c1-18-16-24(17-19(2)30(18)36)44-15-7-8-25-26-13-14-27(35)29(28-20(3)38-40(6)21(28)4)31(26)39(5)32(25)33(41)37-23-11-9-22(10-12-23)34(42)43/h9-14,16-17H,7-8,15H2,1-6H3,(H,37,41)(H,42,43). The van der Waals surface area contributed by atoms with Gasteiger partial charge in [-0.25, -0.2) is 4.79 Å². The molecule has 0 aliphatic heterocycles. The third-order valence-corrected chi connectivity index (χ3v) is 8.93. The zero-order valence-corrected chi connectivity index (χ0v) is 27.0. The van der Waals surface area contributed by atoms with Gasteiger partial charge in [0.1, 0.15) is 11.4 Å². The Hall–Kier alpha value is -4.27. The number of aromatic carboxylic acids is 1. The van der Waals surface area contributed by atoms with E-state index >= 15 is 0 Å². The van der Waals surface area contributed by atoms with Crippen LogP contribution in [0, 0.1) is 27.7 Å². The number of amides is 1. The van der Waals surface area contributed by atoms with Gasteiger partial charge in [-0.2, -0.15) is 5.10 Å². The smallest absolute Gasteiger partial charge is 0.335 e. The highest BCUT2D eigenvalue weighted by molar-refractivity contribution is 6.35. The fraction of sp³-hybridized carbons (Fsp3) is 0.265. The lowest BCUT2D eigenvalue weighted by atomic mass is 9.98. The quantitative estimate of drug-likeness (QED) is 0.160. The minimum absolute atomic E-state index is 0.140. The van der Waals surface area contributed by atoms with E-state index in [0.29, 0.717) is 35.9 Å². The predicted molar refractivity (Wildman–Crippen MR) is 176 cm³/mol. The van der Waals surface area contributed by atoms with Crippen molar-refractivity contribution in [1.82, 2.24) is 14.3 Å². The molecule has 0 atom stereocenters. The average Bonchev–Trinajstić information content (AvgIpc) is 3.40. The number of carbonyl (C=O) groups excluding carboxylic acids is 1. The molecule has 0 saturated heterocycles. The molecule has 0 saturated carbocycles. The molecule has 0 spiro atoms. The Labute approximate surface area is 266 Å². The number of nitrogens with one attached hydrogen (secondary N) is 1. The van der Waals surface area contributed by atoms with Gasteiger partial charge in [-0.05, 0) is 99.7 Å². The van der Waals surface area contributed by atoms with Crippen molar-refractivity contribution >= 4 is 51.7 Å². The van der Waals surface area contributed by atoms with E-state index in [2.05, 4.69) is 10.4 Å². The number of hydrogen-bond donors (Lipinski definition) is 2. The number of fused-ring (bicyclic) bond motifs is 1. The van der Waals surface area contributed by atoms with Crippen LogP contribution < -0.4 is 10.1 Å². The molecule has 2 aromatic heterocycles. The van der Waals surface area contributed by atoms with Gasteiger partial charge in [-0.15, -0.1) is 0 Å². The normalized spacial score (nSPS) is 11.3. The maximum absolute atomic E-state index is 13.9. The molecule has 8 nitrogen and oxygen atoms in total. The predicted octanol–water partition coefficient (Wildman–Crippen LogP) is 8.08. The highest BCUT2D eigenvalue weighted by Crippen LogP contribution is 2.41. The van der Waals surface area contributed by atoms with E-state index in [-0.39, 0.29) is 11.5 Å². The van der Waals surface area contributed by atoms with Crippen molar-refractivity contribution in [3.05, 3.63) is 97.9 Å². The first kappa shape index (κ1) is 31.2. The number of anilines is 1. The van der Waals surface area contributed by atoms with Gasteiger partial charge in [0.15, 0.2) is 0 Å². The molecule has 0 radical (unpaired) electrons. The van der Waals surface area contributed by atoms with Gasteiger partial charge in [0.05, 0.1) is 28.4 Å². The van der Waals surface area contributed by atoms with Crippen molar-refractivity contribution in [2.45, 2.75) is 40.5 Å². The number of nitrogens with zero attached hydrogens (tertiary/aromatic N) is 3. The minimum atomic E-state index is -1.03. The third-order valence-electron chi connectivity index (χ3n) is 8.02. The van der Waals surface area contributed by atoms with Crippen molar-refractivity contribution in [2.24, 2.45) is 14.1 Å². The summed E-state index contributed by atoms with van der Waals surface area (Å²) in [5.41, 5.74) is 8.30. The number of aryl methyl sites for hydroxylation is 6. The number of benzene rings is 3. The molecule has 0 aliphatic rings. The SMILES string of the molecule is Cc1cc(OCCCc2c(C(=O)Nc3ccc(C(=O)O)cc3)n(C)c3c(-c4c(C)nn(C)c4C)c(Cl)ccc23)cc(C)c1Cl. The lowest BCUT2D eigenvalue weighted by molar-refractivity contribution is 0.0696. The van der Waals surface area contributed by atoms with Crippen LogP contribution in [-0.2, 0) is 20.5 Å². The van der Waals surface area contributed by atoms with Gasteiger partial charge in [0.25, 0.3) is 5.91 Å². The Morgan fingerprint density at radius 2 is 1.61 bits per heavy atom. The monoisotopic (exact) mass is 632 g/mol. The summed E-state index contributed by atoms with van der Waals surface area (Å²) in [6.07, 6.45) is 1.21. The van der Waals surface area contributed by atoms with Crippen LogP contribution in [0.1, 0.15) is 55.3 Å². The number of ether oxygens (including phenoxy) is 1. The first-order chi connectivity index (χ1) is 20.9. The maximum atomic E-state index is 13.9. The second-order valence-corrected chi connectivity index (χ2v) is 11.8. The summed E-state index contributed by atoms with van der Waals surface area (Å²) in [7, 11) is 3.76. The lowest BCUT2D eigenvalue weighted by Crippen LogP contribution is -2.18. The Morgan fingerprint density at radius 3 is 2.20 bits per heavy atom. The number of carboxylic acids is 1. The Bertz CT molecular complexity index is 1900. The molecule has 1 amide bonds. The molecule has 10 heteroatoms. The molecule has 2 heterocycles. The van der Waals surface area contributed by atoms with Crippen molar-refractivity contribution in [3.63, 3.8) is 0 Å². The summed E-state index contributed by atoms with van der Waals surface area (Å²) >= 11 is 13.2. The first-order valence-corrected chi connectivity index (χ1v) is 15.0. The van der Waals surface area contributed by atoms with Crippen LogP contribution in [0.2, 0.25) is 10.0 Å². The summed E-state index contributed by atoms with van der Waals surface area (Å²) < 4.78 is 9.81.